The Morgan fingerprint density at radius 3 is 2.92 bits per heavy atom. The number of pyridine rings is 1. The molecule has 12 heavy (non-hydrogen) atoms. The van der Waals surface area contributed by atoms with Crippen LogP contribution in [0, 0.1) is 10.1 Å². The van der Waals surface area contributed by atoms with Crippen LogP contribution < -0.4 is 0 Å². The van der Waals surface area contributed by atoms with Gasteiger partial charge in [0, 0.05) is 12.3 Å². The van der Waals surface area contributed by atoms with E-state index in [4.69, 9.17) is 11.6 Å². The predicted octanol–water partition coefficient (Wildman–Crippen LogP) is 2.21. The van der Waals surface area contributed by atoms with Crippen LogP contribution in [0.4, 0.5) is 5.69 Å². The van der Waals surface area contributed by atoms with Crippen molar-refractivity contribution >= 4 is 17.3 Å². The fraction of sp³-hybridized carbons (Fsp3) is 0.286. The molecule has 64 valence electrons. The minimum absolute atomic E-state index is 0.00926. The monoisotopic (exact) mass is 186 g/mol. The maximum atomic E-state index is 10.4. The average Bonchev–Trinajstić information content (AvgIpc) is 2.04. The van der Waals surface area contributed by atoms with Gasteiger partial charge in [-0.05, 0) is 6.42 Å². The van der Waals surface area contributed by atoms with E-state index in [1.54, 1.807) is 0 Å². The maximum absolute atomic E-state index is 10.4. The highest BCUT2D eigenvalue weighted by atomic mass is 35.5. The first-order valence-corrected chi connectivity index (χ1v) is 3.81. The molecule has 1 aromatic heterocycles. The SMILES string of the molecule is CCc1ncc(Cl)cc1[N+](=O)[O-]. The number of aryl methyl sites for hydroxylation is 1. The summed E-state index contributed by atoms with van der Waals surface area (Å²) in [5.41, 5.74) is 0.453. The lowest BCUT2D eigenvalue weighted by molar-refractivity contribution is -0.385. The molecule has 0 aromatic carbocycles. The van der Waals surface area contributed by atoms with E-state index in [1.807, 2.05) is 6.92 Å². The van der Waals surface area contributed by atoms with E-state index < -0.39 is 4.92 Å². The zero-order valence-electron chi connectivity index (χ0n) is 6.45. The molecular weight excluding hydrogens is 180 g/mol. The maximum Gasteiger partial charge on any atom is 0.292 e. The molecule has 0 amide bonds. The topological polar surface area (TPSA) is 56.0 Å². The highest BCUT2D eigenvalue weighted by Crippen LogP contribution is 2.20. The lowest BCUT2D eigenvalue weighted by Gasteiger charge is -1.97. The van der Waals surface area contributed by atoms with Crippen LogP contribution in [0.2, 0.25) is 5.02 Å². The number of halogens is 1. The van der Waals surface area contributed by atoms with Gasteiger partial charge in [0.15, 0.2) is 0 Å². The van der Waals surface area contributed by atoms with Gasteiger partial charge in [-0.1, -0.05) is 18.5 Å². The van der Waals surface area contributed by atoms with Crippen LogP contribution in [0.3, 0.4) is 0 Å². The Hall–Kier alpha value is -1.16. The molecular formula is C7H7ClN2O2. The van der Waals surface area contributed by atoms with Crippen LogP contribution in [0.25, 0.3) is 0 Å². The molecule has 0 unspecified atom stereocenters. The van der Waals surface area contributed by atoms with Crippen molar-refractivity contribution in [1.29, 1.82) is 0 Å². The second-order valence-corrected chi connectivity index (χ2v) is 2.67. The number of hydrogen-bond donors (Lipinski definition) is 0. The van der Waals surface area contributed by atoms with E-state index >= 15 is 0 Å². The molecule has 0 saturated heterocycles. The van der Waals surface area contributed by atoms with E-state index in [1.165, 1.54) is 12.3 Å². The third-order valence-corrected chi connectivity index (χ3v) is 1.65. The summed E-state index contributed by atoms with van der Waals surface area (Å²) in [5, 5.41) is 10.7. The van der Waals surface area contributed by atoms with E-state index in [0.29, 0.717) is 17.1 Å². The molecule has 0 bridgehead atoms. The average molecular weight is 187 g/mol. The van der Waals surface area contributed by atoms with Gasteiger partial charge >= 0.3 is 0 Å². The van der Waals surface area contributed by atoms with Crippen molar-refractivity contribution in [2.24, 2.45) is 0 Å². The summed E-state index contributed by atoms with van der Waals surface area (Å²) in [6.07, 6.45) is 1.95. The summed E-state index contributed by atoms with van der Waals surface area (Å²) in [4.78, 5) is 13.8. The summed E-state index contributed by atoms with van der Waals surface area (Å²) in [6.45, 7) is 1.81. The molecule has 5 heteroatoms. The van der Waals surface area contributed by atoms with E-state index in [-0.39, 0.29) is 5.69 Å². The molecule has 0 radical (unpaired) electrons. The summed E-state index contributed by atoms with van der Waals surface area (Å²) < 4.78 is 0. The highest BCUT2D eigenvalue weighted by molar-refractivity contribution is 6.30. The molecule has 0 aliphatic heterocycles. The second kappa shape index (κ2) is 3.49. The smallest absolute Gasteiger partial charge is 0.258 e. The van der Waals surface area contributed by atoms with E-state index in [2.05, 4.69) is 4.98 Å². The fourth-order valence-corrected chi connectivity index (χ4v) is 1.04. The molecule has 0 fully saturated rings. The van der Waals surface area contributed by atoms with Gasteiger partial charge in [0.1, 0.15) is 5.69 Å². The van der Waals surface area contributed by atoms with Gasteiger partial charge in [0.2, 0.25) is 0 Å². The van der Waals surface area contributed by atoms with Crippen LogP contribution in [0.15, 0.2) is 12.3 Å². The zero-order valence-corrected chi connectivity index (χ0v) is 7.21. The van der Waals surface area contributed by atoms with Gasteiger partial charge in [-0.25, -0.2) is 0 Å². The van der Waals surface area contributed by atoms with Crippen LogP contribution in [0.5, 0.6) is 0 Å². The van der Waals surface area contributed by atoms with Crippen molar-refractivity contribution in [3.05, 3.63) is 33.1 Å². The van der Waals surface area contributed by atoms with Gasteiger partial charge in [-0.3, -0.25) is 15.1 Å². The lowest BCUT2D eigenvalue weighted by Crippen LogP contribution is -1.96. The molecule has 0 aliphatic carbocycles. The Labute approximate surface area is 74.3 Å². The molecule has 4 nitrogen and oxygen atoms in total. The van der Waals surface area contributed by atoms with Gasteiger partial charge in [0.05, 0.1) is 9.95 Å². The van der Waals surface area contributed by atoms with Gasteiger partial charge in [0.25, 0.3) is 5.69 Å². The van der Waals surface area contributed by atoms with Gasteiger partial charge in [-0.15, -0.1) is 0 Å². The Morgan fingerprint density at radius 2 is 2.42 bits per heavy atom. The fourth-order valence-electron chi connectivity index (χ4n) is 0.887. The van der Waals surface area contributed by atoms with Crippen LogP contribution in [-0.2, 0) is 6.42 Å². The molecule has 0 saturated carbocycles. The number of aromatic nitrogens is 1. The molecule has 1 aromatic rings. The van der Waals surface area contributed by atoms with Crippen molar-refractivity contribution in [2.75, 3.05) is 0 Å². The Bertz CT molecular complexity index is 314. The van der Waals surface area contributed by atoms with Crippen molar-refractivity contribution in [1.82, 2.24) is 4.98 Å². The molecule has 1 rings (SSSR count). The summed E-state index contributed by atoms with van der Waals surface area (Å²) in [5.74, 6) is 0. The normalized spacial score (nSPS) is 9.83. The zero-order chi connectivity index (χ0) is 9.14. The summed E-state index contributed by atoms with van der Waals surface area (Å²) in [6, 6.07) is 1.31. The third kappa shape index (κ3) is 1.71. The van der Waals surface area contributed by atoms with Crippen molar-refractivity contribution < 1.29 is 4.92 Å². The number of rotatable bonds is 2. The standard InChI is InChI=1S/C7H7ClN2O2/c1-2-6-7(10(11)12)3-5(8)4-9-6/h3-4H,2H2,1H3. The van der Waals surface area contributed by atoms with Crippen molar-refractivity contribution in [3.8, 4) is 0 Å². The Morgan fingerprint density at radius 1 is 1.75 bits per heavy atom. The molecule has 0 aliphatic rings. The van der Waals surface area contributed by atoms with Crippen molar-refractivity contribution in [2.45, 2.75) is 13.3 Å². The Kier molecular flexibility index (Phi) is 2.60. The highest BCUT2D eigenvalue weighted by Gasteiger charge is 2.13. The first-order chi connectivity index (χ1) is 5.65. The second-order valence-electron chi connectivity index (χ2n) is 2.23. The molecule has 0 spiro atoms. The van der Waals surface area contributed by atoms with Gasteiger partial charge in [-0.2, -0.15) is 0 Å². The minimum Gasteiger partial charge on any atom is -0.258 e. The van der Waals surface area contributed by atoms with E-state index in [9.17, 15) is 10.1 Å². The molecule has 1 heterocycles. The van der Waals surface area contributed by atoms with Crippen LogP contribution in [-0.4, -0.2) is 9.91 Å². The molecule has 0 N–H and O–H groups in total. The first-order valence-electron chi connectivity index (χ1n) is 3.44. The molecule has 0 atom stereocenters. The predicted molar refractivity (Wildman–Crippen MR) is 45.3 cm³/mol. The quantitative estimate of drug-likeness (QED) is 0.526. The lowest BCUT2D eigenvalue weighted by atomic mass is 10.2. The summed E-state index contributed by atoms with van der Waals surface area (Å²) in [7, 11) is 0. The Balaban J connectivity index is 3.21. The van der Waals surface area contributed by atoms with Gasteiger partial charge < -0.3 is 0 Å². The summed E-state index contributed by atoms with van der Waals surface area (Å²) >= 11 is 5.55. The third-order valence-electron chi connectivity index (χ3n) is 1.45. The first kappa shape index (κ1) is 8.93. The number of hydrogen-bond acceptors (Lipinski definition) is 3. The number of nitrogens with zero attached hydrogens (tertiary/aromatic N) is 2. The number of nitro groups is 1. The largest absolute Gasteiger partial charge is 0.292 e. The van der Waals surface area contributed by atoms with Crippen LogP contribution >= 0.6 is 11.6 Å². The minimum atomic E-state index is -0.474. The van der Waals surface area contributed by atoms with Crippen molar-refractivity contribution in [3.63, 3.8) is 0 Å². The van der Waals surface area contributed by atoms with Crippen LogP contribution in [0.1, 0.15) is 12.6 Å². The van der Waals surface area contributed by atoms with E-state index in [0.717, 1.165) is 0 Å².